The van der Waals surface area contributed by atoms with Gasteiger partial charge in [-0.15, -0.1) is 0 Å². The monoisotopic (exact) mass is 264 g/mol. The van der Waals surface area contributed by atoms with Crippen LogP contribution in [0.1, 0.15) is 22.8 Å². The smallest absolute Gasteiger partial charge is 0.251 e. The lowest BCUT2D eigenvalue weighted by atomic mass is 10.1. The van der Waals surface area contributed by atoms with Crippen LogP contribution in [0.2, 0.25) is 0 Å². The number of nitriles is 1. The third kappa shape index (κ3) is 3.21. The van der Waals surface area contributed by atoms with E-state index in [-0.39, 0.29) is 12.3 Å². The molecule has 18 heavy (non-hydrogen) atoms. The van der Waals surface area contributed by atoms with Gasteiger partial charge in [-0.05, 0) is 23.9 Å². The van der Waals surface area contributed by atoms with Crippen molar-refractivity contribution in [3.63, 3.8) is 0 Å². The largest absolute Gasteiger partial charge is 0.496 e. The SMILES string of the molecule is CCPc1c(OC)cc(CC#N)cc1C(=O)NC. The Hall–Kier alpha value is -1.59. The fourth-order valence-corrected chi connectivity index (χ4v) is 2.78. The number of hydrogen-bond donors (Lipinski definition) is 1. The molecule has 0 heterocycles. The van der Waals surface area contributed by atoms with Crippen molar-refractivity contribution in [3.8, 4) is 11.8 Å². The Kier molecular flexibility index (Phi) is 5.61. The van der Waals surface area contributed by atoms with Crippen LogP contribution in [0, 0.1) is 11.3 Å². The van der Waals surface area contributed by atoms with Crippen LogP contribution in [0.5, 0.6) is 5.75 Å². The summed E-state index contributed by atoms with van der Waals surface area (Å²) < 4.78 is 5.34. The van der Waals surface area contributed by atoms with Crippen LogP contribution in [-0.2, 0) is 6.42 Å². The summed E-state index contributed by atoms with van der Waals surface area (Å²) in [5.74, 6) is 0.561. The van der Waals surface area contributed by atoms with Crippen molar-refractivity contribution in [3.05, 3.63) is 23.3 Å². The molecule has 1 N–H and O–H groups in total. The predicted molar refractivity (Wildman–Crippen MR) is 74.2 cm³/mol. The van der Waals surface area contributed by atoms with Gasteiger partial charge in [-0.1, -0.05) is 15.5 Å². The molecule has 0 saturated heterocycles. The maximum Gasteiger partial charge on any atom is 0.251 e. The predicted octanol–water partition coefficient (Wildman–Crippen LogP) is 1.44. The first-order chi connectivity index (χ1) is 8.67. The zero-order valence-corrected chi connectivity index (χ0v) is 11.8. The number of nitrogens with zero attached hydrogens (tertiary/aromatic N) is 1. The van der Waals surface area contributed by atoms with Crippen molar-refractivity contribution in [2.45, 2.75) is 13.3 Å². The summed E-state index contributed by atoms with van der Waals surface area (Å²) in [4.78, 5) is 11.9. The molecule has 0 spiro atoms. The fourth-order valence-electron chi connectivity index (χ4n) is 1.70. The quantitative estimate of drug-likeness (QED) is 0.819. The fraction of sp³-hybridized carbons (Fsp3) is 0.385. The van der Waals surface area contributed by atoms with Gasteiger partial charge in [-0.25, -0.2) is 0 Å². The van der Waals surface area contributed by atoms with Crippen LogP contribution in [-0.4, -0.2) is 26.2 Å². The average molecular weight is 264 g/mol. The first-order valence-corrected chi connectivity index (χ1v) is 6.92. The number of rotatable bonds is 5. The molecule has 0 aromatic heterocycles. The van der Waals surface area contributed by atoms with Crippen LogP contribution in [0.4, 0.5) is 0 Å². The van der Waals surface area contributed by atoms with E-state index < -0.39 is 0 Å². The Morgan fingerprint density at radius 3 is 2.78 bits per heavy atom. The highest BCUT2D eigenvalue weighted by Crippen LogP contribution is 2.24. The third-order valence-corrected chi connectivity index (χ3v) is 3.71. The van der Waals surface area contributed by atoms with E-state index in [1.54, 1.807) is 20.2 Å². The molecule has 0 fully saturated rings. The number of hydrogen-bond acceptors (Lipinski definition) is 3. The lowest BCUT2D eigenvalue weighted by Crippen LogP contribution is -2.24. The van der Waals surface area contributed by atoms with E-state index in [2.05, 4.69) is 18.3 Å². The minimum absolute atomic E-state index is 0.135. The van der Waals surface area contributed by atoms with Gasteiger partial charge in [0.25, 0.3) is 5.91 Å². The highest BCUT2D eigenvalue weighted by Gasteiger charge is 2.16. The average Bonchev–Trinajstić information content (AvgIpc) is 2.39. The zero-order chi connectivity index (χ0) is 13.5. The second-order valence-corrected chi connectivity index (χ2v) is 5.23. The minimum Gasteiger partial charge on any atom is -0.496 e. The number of carbonyl (C=O) groups excluding carboxylic acids is 1. The molecular formula is C13H17N2O2P. The normalized spacial score (nSPS) is 10.3. The highest BCUT2D eigenvalue weighted by atomic mass is 31.1. The number of amides is 1. The summed E-state index contributed by atoms with van der Waals surface area (Å²) in [6.45, 7) is 2.06. The number of methoxy groups -OCH3 is 1. The molecule has 1 amide bonds. The summed E-state index contributed by atoms with van der Waals surface area (Å²) in [6.07, 6.45) is 1.23. The van der Waals surface area contributed by atoms with E-state index >= 15 is 0 Å². The number of carbonyl (C=O) groups is 1. The second-order valence-electron chi connectivity index (χ2n) is 3.66. The molecule has 96 valence electrons. The molecule has 0 bridgehead atoms. The van der Waals surface area contributed by atoms with Gasteiger partial charge in [-0.2, -0.15) is 5.26 Å². The molecule has 0 radical (unpaired) electrons. The van der Waals surface area contributed by atoms with E-state index in [4.69, 9.17) is 10.00 Å². The molecule has 1 unspecified atom stereocenters. The van der Waals surface area contributed by atoms with Crippen LogP contribution >= 0.6 is 8.58 Å². The molecule has 5 heteroatoms. The Labute approximate surface area is 109 Å². The van der Waals surface area contributed by atoms with E-state index in [1.165, 1.54) is 0 Å². The number of nitrogens with one attached hydrogen (secondary N) is 1. The van der Waals surface area contributed by atoms with Gasteiger partial charge in [0.2, 0.25) is 0 Å². The molecule has 0 saturated carbocycles. The van der Waals surface area contributed by atoms with Crippen LogP contribution in [0.25, 0.3) is 0 Å². The topological polar surface area (TPSA) is 62.1 Å². The van der Waals surface area contributed by atoms with Gasteiger partial charge < -0.3 is 10.1 Å². The summed E-state index contributed by atoms with van der Waals surface area (Å²) in [7, 11) is 3.70. The lowest BCUT2D eigenvalue weighted by Gasteiger charge is -2.14. The zero-order valence-electron chi connectivity index (χ0n) is 10.8. The van der Waals surface area contributed by atoms with Gasteiger partial charge in [0, 0.05) is 12.4 Å². The Morgan fingerprint density at radius 2 is 2.28 bits per heavy atom. The molecule has 1 aromatic carbocycles. The van der Waals surface area contributed by atoms with Gasteiger partial charge in [-0.3, -0.25) is 4.79 Å². The standard InChI is InChI=1S/C13H17N2O2P/c1-4-18-12-10(13(16)15-2)7-9(5-6-14)8-11(12)17-3/h7-8,18H,4-5H2,1-3H3,(H,15,16). The molecule has 4 nitrogen and oxygen atoms in total. The lowest BCUT2D eigenvalue weighted by molar-refractivity contribution is 0.0964. The molecule has 1 aromatic rings. The van der Waals surface area contributed by atoms with Crippen LogP contribution in [0.15, 0.2) is 12.1 Å². The Balaban J connectivity index is 3.36. The first kappa shape index (κ1) is 14.5. The van der Waals surface area contributed by atoms with Crippen molar-refractivity contribution in [2.24, 2.45) is 0 Å². The van der Waals surface area contributed by atoms with E-state index in [1.807, 2.05) is 6.07 Å². The summed E-state index contributed by atoms with van der Waals surface area (Å²) in [5, 5.41) is 12.3. The number of ether oxygens (including phenoxy) is 1. The summed E-state index contributed by atoms with van der Waals surface area (Å²) >= 11 is 0. The third-order valence-electron chi connectivity index (χ3n) is 2.49. The summed E-state index contributed by atoms with van der Waals surface area (Å²) in [5.41, 5.74) is 1.42. The molecule has 1 atom stereocenters. The van der Waals surface area contributed by atoms with E-state index in [0.29, 0.717) is 19.9 Å². The van der Waals surface area contributed by atoms with Crippen molar-refractivity contribution < 1.29 is 9.53 Å². The van der Waals surface area contributed by atoms with Crippen molar-refractivity contribution >= 4 is 19.8 Å². The minimum atomic E-state index is -0.135. The Bertz CT molecular complexity index is 481. The molecular weight excluding hydrogens is 247 g/mol. The summed E-state index contributed by atoms with van der Waals surface area (Å²) in [6, 6.07) is 5.71. The van der Waals surface area contributed by atoms with Gasteiger partial charge >= 0.3 is 0 Å². The van der Waals surface area contributed by atoms with Crippen LogP contribution in [0.3, 0.4) is 0 Å². The first-order valence-electron chi connectivity index (χ1n) is 5.71. The molecule has 1 rings (SSSR count). The molecule has 0 aliphatic rings. The van der Waals surface area contributed by atoms with Gasteiger partial charge in [0.05, 0.1) is 25.2 Å². The second kappa shape index (κ2) is 6.98. The Morgan fingerprint density at radius 1 is 1.56 bits per heavy atom. The highest BCUT2D eigenvalue weighted by molar-refractivity contribution is 7.47. The maximum atomic E-state index is 11.9. The van der Waals surface area contributed by atoms with Gasteiger partial charge in [0.1, 0.15) is 5.75 Å². The van der Waals surface area contributed by atoms with Crippen molar-refractivity contribution in [1.29, 1.82) is 5.26 Å². The van der Waals surface area contributed by atoms with Gasteiger partial charge in [0.15, 0.2) is 0 Å². The van der Waals surface area contributed by atoms with E-state index in [9.17, 15) is 4.79 Å². The number of benzene rings is 1. The van der Waals surface area contributed by atoms with Crippen molar-refractivity contribution in [1.82, 2.24) is 5.32 Å². The maximum absolute atomic E-state index is 11.9. The van der Waals surface area contributed by atoms with E-state index in [0.717, 1.165) is 17.0 Å². The molecule has 0 aliphatic heterocycles. The van der Waals surface area contributed by atoms with Crippen molar-refractivity contribution in [2.75, 3.05) is 20.3 Å². The molecule has 0 aliphatic carbocycles. The van der Waals surface area contributed by atoms with Crippen LogP contribution < -0.4 is 15.4 Å².